The van der Waals surface area contributed by atoms with E-state index in [1.165, 1.54) is 0 Å². The summed E-state index contributed by atoms with van der Waals surface area (Å²) in [5.41, 5.74) is 0.833. The van der Waals surface area contributed by atoms with Crippen LogP contribution >= 0.6 is 0 Å². The molecule has 12 heteroatoms. The Morgan fingerprint density at radius 1 is 1.25 bits per heavy atom. The molecule has 4 heterocycles. The summed E-state index contributed by atoms with van der Waals surface area (Å²) in [4.78, 5) is 18.1. The van der Waals surface area contributed by atoms with Gasteiger partial charge in [-0.05, 0) is 31.9 Å². The number of hydrogen-bond donors (Lipinski definition) is 1. The third kappa shape index (κ3) is 6.16. The number of carboxylic acids is 1. The van der Waals surface area contributed by atoms with Crippen molar-refractivity contribution in [3.05, 3.63) is 36.0 Å². The van der Waals surface area contributed by atoms with Gasteiger partial charge in [0.15, 0.2) is 5.82 Å². The van der Waals surface area contributed by atoms with Crippen LogP contribution in [0.15, 0.2) is 24.5 Å². The number of anilines is 1. The van der Waals surface area contributed by atoms with Crippen molar-refractivity contribution in [3.63, 3.8) is 0 Å². The highest BCUT2D eigenvalue weighted by Gasteiger charge is 2.41. The molecule has 2 aliphatic rings. The van der Waals surface area contributed by atoms with E-state index < -0.39 is 12.1 Å². The van der Waals surface area contributed by atoms with Crippen LogP contribution in [0.3, 0.4) is 0 Å². The van der Waals surface area contributed by atoms with Gasteiger partial charge in [0.05, 0.1) is 24.4 Å². The zero-order chi connectivity index (χ0) is 23.4. The monoisotopic (exact) mass is 456 g/mol. The van der Waals surface area contributed by atoms with Gasteiger partial charge >= 0.3 is 12.1 Å². The van der Waals surface area contributed by atoms with E-state index in [1.807, 2.05) is 25.4 Å². The molecule has 0 saturated carbocycles. The van der Waals surface area contributed by atoms with Crippen molar-refractivity contribution in [2.45, 2.75) is 38.1 Å². The number of morpholine rings is 1. The molecule has 0 bridgehead atoms. The van der Waals surface area contributed by atoms with E-state index in [1.54, 1.807) is 0 Å². The predicted octanol–water partition coefficient (Wildman–Crippen LogP) is 2.02. The molecule has 0 amide bonds. The third-order valence-corrected chi connectivity index (χ3v) is 5.50. The molecule has 1 N–H and O–H groups in total. The third-order valence-electron chi connectivity index (χ3n) is 5.50. The van der Waals surface area contributed by atoms with Crippen molar-refractivity contribution in [1.29, 1.82) is 0 Å². The van der Waals surface area contributed by atoms with Gasteiger partial charge in [-0.2, -0.15) is 18.3 Å². The minimum Gasteiger partial charge on any atom is -0.475 e. The van der Waals surface area contributed by atoms with Crippen molar-refractivity contribution in [2.75, 3.05) is 37.7 Å². The minimum absolute atomic E-state index is 0.117. The lowest BCUT2D eigenvalue weighted by Gasteiger charge is -2.48. The van der Waals surface area contributed by atoms with Crippen LogP contribution < -0.4 is 4.90 Å². The van der Waals surface area contributed by atoms with E-state index in [-0.39, 0.29) is 5.60 Å². The Balaban J connectivity index is 0.000000360. The lowest BCUT2D eigenvalue weighted by molar-refractivity contribution is -0.192. The van der Waals surface area contributed by atoms with Crippen molar-refractivity contribution in [1.82, 2.24) is 24.6 Å². The lowest BCUT2D eigenvalue weighted by atomic mass is 9.90. The number of ether oxygens (including phenoxy) is 1. The summed E-state index contributed by atoms with van der Waals surface area (Å²) >= 11 is 0. The standard InChI is InChI=1S/C18H26N6O.C2HF3O2/c1-15-4-5-16(21-20-15)24-8-3-6-18(14-24)13-23(10-11-25-18)12-17-19-7-9-22(17)2;3-2(4,5)1(6)7/h4-5,7,9H,3,6,8,10-14H2,1-2H3;(H,6,7). The Kier molecular flexibility index (Phi) is 7.34. The minimum atomic E-state index is -5.08. The fraction of sp³-hybridized carbons (Fsp3) is 0.600. The second kappa shape index (κ2) is 9.82. The number of aryl methyl sites for hydroxylation is 2. The molecule has 2 saturated heterocycles. The van der Waals surface area contributed by atoms with Crippen LogP contribution in [0.25, 0.3) is 0 Å². The van der Waals surface area contributed by atoms with Gasteiger partial charge in [0.1, 0.15) is 5.82 Å². The van der Waals surface area contributed by atoms with Gasteiger partial charge in [-0.1, -0.05) is 0 Å². The summed E-state index contributed by atoms with van der Waals surface area (Å²) in [7, 11) is 2.05. The summed E-state index contributed by atoms with van der Waals surface area (Å²) in [5, 5.41) is 15.7. The maximum atomic E-state index is 10.6. The molecule has 0 aromatic carbocycles. The van der Waals surface area contributed by atoms with Gasteiger partial charge < -0.3 is 19.3 Å². The molecular formula is C20H27F3N6O3. The number of nitrogens with zero attached hydrogens (tertiary/aromatic N) is 6. The number of halogens is 3. The summed E-state index contributed by atoms with van der Waals surface area (Å²) < 4.78 is 40.1. The van der Waals surface area contributed by atoms with Crippen molar-refractivity contribution >= 4 is 11.8 Å². The van der Waals surface area contributed by atoms with Crippen molar-refractivity contribution in [2.24, 2.45) is 7.05 Å². The molecule has 1 unspecified atom stereocenters. The molecule has 0 aliphatic carbocycles. The average molecular weight is 456 g/mol. The molecule has 2 aromatic heterocycles. The van der Waals surface area contributed by atoms with Crippen LogP contribution in [0.1, 0.15) is 24.4 Å². The first kappa shape index (κ1) is 23.9. The van der Waals surface area contributed by atoms with Crippen LogP contribution in [0.2, 0.25) is 0 Å². The molecule has 176 valence electrons. The van der Waals surface area contributed by atoms with Gasteiger partial charge in [-0.3, -0.25) is 4.90 Å². The number of piperidine rings is 1. The SMILES string of the molecule is Cc1ccc(N2CCCC3(CN(Cc4nccn4C)CCO3)C2)nn1.O=C(O)C(F)(F)F. The summed E-state index contributed by atoms with van der Waals surface area (Å²) in [6.07, 6.45) is 1.000. The summed E-state index contributed by atoms with van der Waals surface area (Å²) in [6, 6.07) is 4.09. The lowest BCUT2D eigenvalue weighted by Crippen LogP contribution is -2.59. The Morgan fingerprint density at radius 2 is 2.00 bits per heavy atom. The number of aromatic nitrogens is 4. The molecule has 4 rings (SSSR count). The van der Waals surface area contributed by atoms with Gasteiger partial charge in [0.25, 0.3) is 0 Å². The zero-order valence-corrected chi connectivity index (χ0v) is 18.0. The number of carboxylic acid groups (broad SMARTS) is 1. The zero-order valence-electron chi connectivity index (χ0n) is 18.0. The summed E-state index contributed by atoms with van der Waals surface area (Å²) in [5.74, 6) is -0.698. The molecule has 1 atom stereocenters. The Morgan fingerprint density at radius 3 is 2.59 bits per heavy atom. The van der Waals surface area contributed by atoms with Gasteiger partial charge in [-0.25, -0.2) is 9.78 Å². The number of hydrogen-bond acceptors (Lipinski definition) is 7. The summed E-state index contributed by atoms with van der Waals surface area (Å²) in [6.45, 7) is 7.41. The second-order valence-corrected chi connectivity index (χ2v) is 8.06. The number of carbonyl (C=O) groups is 1. The molecule has 1 spiro atoms. The van der Waals surface area contributed by atoms with Gasteiger partial charge in [0.2, 0.25) is 0 Å². The second-order valence-electron chi connectivity index (χ2n) is 8.06. The number of aliphatic carboxylic acids is 1. The highest BCUT2D eigenvalue weighted by Crippen LogP contribution is 2.31. The molecular weight excluding hydrogens is 429 g/mol. The fourth-order valence-electron chi connectivity index (χ4n) is 3.91. The predicted molar refractivity (Wildman–Crippen MR) is 109 cm³/mol. The largest absolute Gasteiger partial charge is 0.490 e. The smallest absolute Gasteiger partial charge is 0.475 e. The molecule has 2 aromatic rings. The van der Waals surface area contributed by atoms with Crippen molar-refractivity contribution < 1.29 is 27.8 Å². The fourth-order valence-corrected chi connectivity index (χ4v) is 3.91. The van der Waals surface area contributed by atoms with Crippen LogP contribution in [0, 0.1) is 6.92 Å². The molecule has 0 radical (unpaired) electrons. The maximum Gasteiger partial charge on any atom is 0.490 e. The van der Waals surface area contributed by atoms with E-state index in [9.17, 15) is 13.2 Å². The number of rotatable bonds is 3. The first-order valence-corrected chi connectivity index (χ1v) is 10.3. The molecule has 9 nitrogen and oxygen atoms in total. The van der Waals surface area contributed by atoms with Crippen LogP contribution in [-0.2, 0) is 23.1 Å². The molecule has 2 aliphatic heterocycles. The van der Waals surface area contributed by atoms with E-state index in [4.69, 9.17) is 14.6 Å². The highest BCUT2D eigenvalue weighted by molar-refractivity contribution is 5.73. The Labute approximate surface area is 183 Å². The first-order valence-electron chi connectivity index (χ1n) is 10.3. The number of alkyl halides is 3. The maximum absolute atomic E-state index is 10.6. The van der Waals surface area contributed by atoms with E-state index >= 15 is 0 Å². The van der Waals surface area contributed by atoms with E-state index in [0.29, 0.717) is 0 Å². The van der Waals surface area contributed by atoms with Gasteiger partial charge in [-0.15, -0.1) is 5.10 Å². The van der Waals surface area contributed by atoms with Crippen LogP contribution in [0.5, 0.6) is 0 Å². The van der Waals surface area contributed by atoms with Crippen LogP contribution in [0.4, 0.5) is 19.0 Å². The normalized spacial score (nSPS) is 21.8. The van der Waals surface area contributed by atoms with E-state index in [0.717, 1.165) is 69.5 Å². The van der Waals surface area contributed by atoms with Crippen LogP contribution in [-0.4, -0.2) is 80.3 Å². The first-order chi connectivity index (χ1) is 15.1. The average Bonchev–Trinajstić information content (AvgIpc) is 3.13. The van der Waals surface area contributed by atoms with E-state index in [2.05, 4.69) is 42.7 Å². The topological polar surface area (TPSA) is 96.6 Å². The number of imidazole rings is 1. The highest BCUT2D eigenvalue weighted by atomic mass is 19.4. The Bertz CT molecular complexity index is 901. The molecule has 32 heavy (non-hydrogen) atoms. The Hall–Kier alpha value is -2.73. The quantitative estimate of drug-likeness (QED) is 0.750. The van der Waals surface area contributed by atoms with Crippen molar-refractivity contribution in [3.8, 4) is 0 Å². The molecule has 2 fully saturated rings. The van der Waals surface area contributed by atoms with Gasteiger partial charge in [0, 0.05) is 45.6 Å².